The van der Waals surface area contributed by atoms with E-state index >= 15 is 0 Å². The Kier molecular flexibility index (Phi) is 6.73. The quantitative estimate of drug-likeness (QED) is 0.512. The highest BCUT2D eigenvalue weighted by Gasteiger charge is 2.67. The molecule has 6 nitrogen and oxygen atoms in total. The average Bonchev–Trinajstić information content (AvgIpc) is 3.00. The number of aliphatic carboxylic acids is 1. The first-order valence-corrected chi connectivity index (χ1v) is 10.9. The van der Waals surface area contributed by atoms with Crippen LogP contribution in [-0.2, 0) is 21.7 Å². The van der Waals surface area contributed by atoms with Crippen molar-refractivity contribution in [2.45, 2.75) is 63.1 Å². The second-order valence-electron chi connectivity index (χ2n) is 8.67. The number of ether oxygens (including phenoxy) is 1. The van der Waals surface area contributed by atoms with Gasteiger partial charge in [0.05, 0.1) is 12.1 Å². The molecule has 0 saturated heterocycles. The SMILES string of the molecule is CC(C)C(OCc1ccccc1)c1nc(I)cn1C12CC(N)(C1)C2.O=C(O)C(F)(F)F. The summed E-state index contributed by atoms with van der Waals surface area (Å²) in [6, 6.07) is 10.3. The summed E-state index contributed by atoms with van der Waals surface area (Å²) in [6.07, 6.45) is 0.307. The van der Waals surface area contributed by atoms with E-state index in [1.807, 2.05) is 6.07 Å². The van der Waals surface area contributed by atoms with Crippen LogP contribution in [0.3, 0.4) is 0 Å². The lowest BCUT2D eigenvalue weighted by Gasteiger charge is -2.69. The molecule has 1 aromatic carbocycles. The Bertz CT molecular complexity index is 911. The maximum Gasteiger partial charge on any atom is 0.490 e. The number of aromatic nitrogens is 2. The molecule has 1 aromatic heterocycles. The second kappa shape index (κ2) is 8.70. The Balaban J connectivity index is 0.000000339. The zero-order valence-electron chi connectivity index (χ0n) is 17.2. The molecule has 1 atom stereocenters. The molecule has 3 aliphatic carbocycles. The van der Waals surface area contributed by atoms with Crippen molar-refractivity contribution in [2.24, 2.45) is 11.7 Å². The minimum absolute atomic E-state index is 0.00327. The van der Waals surface area contributed by atoms with Gasteiger partial charge in [0.25, 0.3) is 0 Å². The van der Waals surface area contributed by atoms with Crippen molar-refractivity contribution in [1.82, 2.24) is 9.55 Å². The predicted octanol–water partition coefficient (Wildman–Crippen LogP) is 4.63. The van der Waals surface area contributed by atoms with Crippen molar-refractivity contribution in [3.8, 4) is 0 Å². The molecule has 5 rings (SSSR count). The van der Waals surface area contributed by atoms with Crippen molar-refractivity contribution in [3.63, 3.8) is 0 Å². The number of imidazole rings is 1. The number of carbonyl (C=O) groups is 1. The first kappa shape index (κ1) is 24.0. The lowest BCUT2D eigenvalue weighted by molar-refractivity contribution is -0.192. The summed E-state index contributed by atoms with van der Waals surface area (Å²) in [5, 5.41) is 7.12. The first-order valence-electron chi connectivity index (χ1n) is 9.85. The highest BCUT2D eigenvalue weighted by Crippen LogP contribution is 2.64. The summed E-state index contributed by atoms with van der Waals surface area (Å²) in [7, 11) is 0. The Morgan fingerprint density at radius 3 is 2.29 bits per heavy atom. The molecule has 0 aliphatic heterocycles. The third-order valence-corrected chi connectivity index (χ3v) is 6.15. The van der Waals surface area contributed by atoms with Gasteiger partial charge in [0.1, 0.15) is 15.6 Å². The molecule has 10 heteroatoms. The third-order valence-electron chi connectivity index (χ3n) is 5.63. The van der Waals surface area contributed by atoms with E-state index in [2.05, 4.69) is 71.5 Å². The number of nitrogens with two attached hydrogens (primary N) is 1. The van der Waals surface area contributed by atoms with Crippen molar-refractivity contribution in [2.75, 3.05) is 0 Å². The van der Waals surface area contributed by atoms with E-state index in [0.29, 0.717) is 12.5 Å². The van der Waals surface area contributed by atoms with Gasteiger partial charge >= 0.3 is 12.1 Å². The molecule has 0 amide bonds. The van der Waals surface area contributed by atoms with Crippen LogP contribution in [0.4, 0.5) is 13.2 Å². The summed E-state index contributed by atoms with van der Waals surface area (Å²) in [6.45, 7) is 5.02. The number of alkyl halides is 3. The molecule has 3 aliphatic rings. The van der Waals surface area contributed by atoms with Crippen LogP contribution < -0.4 is 5.73 Å². The molecular formula is C21H25F3IN3O3. The van der Waals surface area contributed by atoms with Gasteiger partial charge in [-0.2, -0.15) is 13.2 Å². The summed E-state index contributed by atoms with van der Waals surface area (Å²) in [4.78, 5) is 13.7. The molecule has 0 spiro atoms. The number of carboxylic acid groups (broad SMARTS) is 1. The van der Waals surface area contributed by atoms with Crippen molar-refractivity contribution < 1.29 is 27.8 Å². The smallest absolute Gasteiger partial charge is 0.475 e. The molecule has 1 unspecified atom stereocenters. The molecule has 3 saturated carbocycles. The molecule has 3 fully saturated rings. The predicted molar refractivity (Wildman–Crippen MR) is 116 cm³/mol. The van der Waals surface area contributed by atoms with Gasteiger partial charge in [0.2, 0.25) is 0 Å². The van der Waals surface area contributed by atoms with Gasteiger partial charge in [-0.25, -0.2) is 9.78 Å². The molecule has 31 heavy (non-hydrogen) atoms. The van der Waals surface area contributed by atoms with Gasteiger partial charge < -0.3 is 20.1 Å². The Morgan fingerprint density at radius 2 is 1.84 bits per heavy atom. The number of hydrogen-bond acceptors (Lipinski definition) is 4. The van der Waals surface area contributed by atoms with Gasteiger partial charge in [-0.05, 0) is 53.3 Å². The van der Waals surface area contributed by atoms with Crippen molar-refractivity contribution >= 4 is 28.6 Å². The van der Waals surface area contributed by atoms with E-state index in [0.717, 1.165) is 28.8 Å². The highest BCUT2D eigenvalue weighted by atomic mass is 127. The Labute approximate surface area is 192 Å². The minimum Gasteiger partial charge on any atom is -0.475 e. The van der Waals surface area contributed by atoms with Crippen LogP contribution in [0.15, 0.2) is 36.5 Å². The van der Waals surface area contributed by atoms with Crippen molar-refractivity contribution in [1.29, 1.82) is 0 Å². The zero-order valence-corrected chi connectivity index (χ0v) is 19.4. The van der Waals surface area contributed by atoms with E-state index in [4.69, 9.17) is 25.4 Å². The van der Waals surface area contributed by atoms with Gasteiger partial charge in [0, 0.05) is 11.7 Å². The summed E-state index contributed by atoms with van der Waals surface area (Å²) in [5.41, 5.74) is 7.75. The summed E-state index contributed by atoms with van der Waals surface area (Å²) >= 11 is 2.31. The summed E-state index contributed by atoms with van der Waals surface area (Å²) < 4.78 is 41.5. The van der Waals surface area contributed by atoms with E-state index in [-0.39, 0.29) is 17.2 Å². The standard InChI is InChI=1S/C19H24IN3O.C2HF3O2/c1-13(2)16(24-9-14-6-4-3-5-7-14)17-22-15(20)8-23(17)19-10-18(21,11-19)12-19;3-2(4,5)1(6)7/h3-8,13,16H,9-12,21H2,1-2H3;(H,6,7). The van der Waals surface area contributed by atoms with Crippen LogP contribution in [0.2, 0.25) is 0 Å². The van der Waals surface area contributed by atoms with Gasteiger partial charge in [0.15, 0.2) is 0 Å². The second-order valence-corrected chi connectivity index (χ2v) is 9.78. The molecule has 3 N–H and O–H groups in total. The van der Waals surface area contributed by atoms with Gasteiger partial charge in [-0.1, -0.05) is 44.2 Å². The largest absolute Gasteiger partial charge is 0.490 e. The fourth-order valence-corrected chi connectivity index (χ4v) is 4.86. The third kappa shape index (κ3) is 5.23. The fourth-order valence-electron chi connectivity index (χ4n) is 4.34. The number of hydrogen-bond donors (Lipinski definition) is 2. The lowest BCUT2D eigenvalue weighted by Crippen LogP contribution is -2.76. The van der Waals surface area contributed by atoms with E-state index in [1.54, 1.807) is 0 Å². The van der Waals surface area contributed by atoms with Crippen molar-refractivity contribution in [3.05, 3.63) is 51.6 Å². The van der Waals surface area contributed by atoms with Crippen LogP contribution in [0.25, 0.3) is 0 Å². The fraction of sp³-hybridized carbons (Fsp3) is 0.524. The number of halogens is 4. The molecule has 2 bridgehead atoms. The summed E-state index contributed by atoms with van der Waals surface area (Å²) in [5.74, 6) is -1.33. The monoisotopic (exact) mass is 551 g/mol. The zero-order chi connectivity index (χ0) is 23.0. The molecule has 0 radical (unpaired) electrons. The Morgan fingerprint density at radius 1 is 1.29 bits per heavy atom. The number of benzene rings is 1. The molecule has 1 heterocycles. The number of rotatable bonds is 6. The molecule has 2 aromatic rings. The first-order chi connectivity index (χ1) is 14.4. The van der Waals surface area contributed by atoms with E-state index in [9.17, 15) is 13.2 Å². The number of nitrogens with zero attached hydrogens (tertiary/aromatic N) is 2. The van der Waals surface area contributed by atoms with Crippen LogP contribution in [0, 0.1) is 9.62 Å². The Hall–Kier alpha value is -1.66. The lowest BCUT2D eigenvalue weighted by atomic mass is 9.44. The van der Waals surface area contributed by atoms with E-state index < -0.39 is 12.1 Å². The normalized spacial score (nSPS) is 25.2. The van der Waals surface area contributed by atoms with Gasteiger partial charge in [-0.3, -0.25) is 0 Å². The molecule has 170 valence electrons. The average molecular weight is 551 g/mol. The maximum absolute atomic E-state index is 10.6. The number of carboxylic acids is 1. The maximum atomic E-state index is 10.6. The minimum atomic E-state index is -5.08. The van der Waals surface area contributed by atoms with Crippen LogP contribution in [-0.4, -0.2) is 32.3 Å². The highest BCUT2D eigenvalue weighted by molar-refractivity contribution is 14.1. The van der Waals surface area contributed by atoms with Crippen LogP contribution >= 0.6 is 22.6 Å². The van der Waals surface area contributed by atoms with Crippen LogP contribution in [0.1, 0.15) is 50.6 Å². The van der Waals surface area contributed by atoms with E-state index in [1.165, 1.54) is 5.56 Å². The topological polar surface area (TPSA) is 90.4 Å². The van der Waals surface area contributed by atoms with Gasteiger partial charge in [-0.15, -0.1) is 0 Å². The van der Waals surface area contributed by atoms with Crippen LogP contribution in [0.5, 0.6) is 0 Å². The molecular weight excluding hydrogens is 526 g/mol.